The zero-order valence-electron chi connectivity index (χ0n) is 18.7. The number of hydrogen-bond acceptors (Lipinski definition) is 4. The second-order valence-corrected chi connectivity index (χ2v) is 9.46. The van der Waals surface area contributed by atoms with Crippen LogP contribution in [0.25, 0.3) is 20.5 Å². The van der Waals surface area contributed by atoms with Gasteiger partial charge in [-0.15, -0.1) is 11.3 Å². The number of benzene rings is 2. The molecule has 7 nitrogen and oxygen atoms in total. The van der Waals surface area contributed by atoms with Crippen LogP contribution in [0.2, 0.25) is 0 Å². The molecule has 3 N–H and O–H groups in total. The molecule has 3 aromatic rings. The van der Waals surface area contributed by atoms with Crippen molar-refractivity contribution in [1.82, 2.24) is 10.2 Å². The predicted molar refractivity (Wildman–Crippen MR) is 130 cm³/mol. The number of carboxylic acid groups (broad SMARTS) is 2. The summed E-state index contributed by atoms with van der Waals surface area (Å²) in [5.41, 5.74) is 1.83. The number of carbonyl (C=O) groups is 3. The lowest BCUT2D eigenvalue weighted by Gasteiger charge is -2.26. The highest BCUT2D eigenvalue weighted by molar-refractivity contribution is 7.22. The highest BCUT2D eigenvalue weighted by Gasteiger charge is 2.24. The first kappa shape index (κ1) is 24.3. The molecule has 0 radical (unpaired) electrons. The molecule has 0 unspecified atom stereocenters. The van der Waals surface area contributed by atoms with Crippen molar-refractivity contribution in [3.8, 4) is 10.4 Å². The lowest BCUT2D eigenvalue weighted by molar-refractivity contribution is -0.139. The van der Waals surface area contributed by atoms with Gasteiger partial charge in [0.25, 0.3) is 0 Å². The summed E-state index contributed by atoms with van der Waals surface area (Å²) in [6.45, 7) is 4.19. The average Bonchev–Trinajstić information content (AvgIpc) is 3.20. The SMILES string of the molecule is CC(C)CN(CCC(=O)O)C(=O)N[C@@H](Cc1ccc(-c2cc3ccccc3s2)cc1)C(=O)O. The van der Waals surface area contributed by atoms with E-state index in [1.54, 1.807) is 11.3 Å². The number of urea groups is 1. The molecule has 0 saturated carbocycles. The summed E-state index contributed by atoms with van der Waals surface area (Å²) >= 11 is 1.70. The number of carbonyl (C=O) groups excluding carboxylic acids is 1. The standard InChI is InChI=1S/C25H28N2O5S/c1-16(2)15-27(12-11-23(28)29)25(32)26-20(24(30)31)13-17-7-9-18(10-8-17)22-14-19-5-3-4-6-21(19)33-22/h3-10,14,16,20H,11-13,15H2,1-2H3,(H,26,32)(H,28,29)(H,30,31)/t20-/m0/s1. The first-order valence-electron chi connectivity index (χ1n) is 10.8. The Balaban J connectivity index is 1.68. The Morgan fingerprint density at radius 1 is 1.03 bits per heavy atom. The Morgan fingerprint density at radius 2 is 1.73 bits per heavy atom. The summed E-state index contributed by atoms with van der Waals surface area (Å²) < 4.78 is 1.21. The Morgan fingerprint density at radius 3 is 2.33 bits per heavy atom. The number of nitrogens with one attached hydrogen (secondary N) is 1. The number of thiophene rings is 1. The molecular weight excluding hydrogens is 440 g/mol. The number of hydrogen-bond donors (Lipinski definition) is 3. The minimum atomic E-state index is -1.14. The van der Waals surface area contributed by atoms with Crippen LogP contribution >= 0.6 is 11.3 Å². The molecule has 0 bridgehead atoms. The molecule has 3 rings (SSSR count). The highest BCUT2D eigenvalue weighted by Crippen LogP contribution is 2.33. The highest BCUT2D eigenvalue weighted by atomic mass is 32.1. The third-order valence-corrected chi connectivity index (χ3v) is 6.33. The normalized spacial score (nSPS) is 12.0. The molecule has 0 aliphatic carbocycles. The molecule has 1 aromatic heterocycles. The van der Waals surface area contributed by atoms with E-state index in [-0.39, 0.29) is 25.3 Å². The Hall–Kier alpha value is -3.39. The molecule has 174 valence electrons. The van der Waals surface area contributed by atoms with Gasteiger partial charge in [0.1, 0.15) is 6.04 Å². The van der Waals surface area contributed by atoms with Crippen molar-refractivity contribution in [1.29, 1.82) is 0 Å². The first-order valence-corrected chi connectivity index (χ1v) is 11.6. The van der Waals surface area contributed by atoms with Gasteiger partial charge in [-0.1, -0.05) is 56.3 Å². The zero-order chi connectivity index (χ0) is 24.0. The first-order chi connectivity index (χ1) is 15.7. The van der Waals surface area contributed by atoms with Gasteiger partial charge in [0.05, 0.1) is 6.42 Å². The van der Waals surface area contributed by atoms with Gasteiger partial charge in [-0.2, -0.15) is 0 Å². The number of rotatable bonds is 10. The third-order valence-electron chi connectivity index (χ3n) is 5.17. The van der Waals surface area contributed by atoms with Crippen LogP contribution in [-0.4, -0.2) is 52.2 Å². The predicted octanol–water partition coefficient (Wildman–Crippen LogP) is 4.71. The van der Waals surface area contributed by atoms with Crippen molar-refractivity contribution in [2.75, 3.05) is 13.1 Å². The smallest absolute Gasteiger partial charge is 0.326 e. The van der Waals surface area contributed by atoms with Crippen molar-refractivity contribution in [3.63, 3.8) is 0 Å². The maximum atomic E-state index is 12.7. The van der Waals surface area contributed by atoms with Crippen molar-refractivity contribution in [2.24, 2.45) is 5.92 Å². The molecule has 0 spiro atoms. The summed E-state index contributed by atoms with van der Waals surface area (Å²) in [4.78, 5) is 37.9. The topological polar surface area (TPSA) is 107 Å². The Labute approximate surface area is 196 Å². The third kappa shape index (κ3) is 6.79. The van der Waals surface area contributed by atoms with E-state index >= 15 is 0 Å². The molecule has 8 heteroatoms. The second kappa shape index (κ2) is 11.0. The lowest BCUT2D eigenvalue weighted by atomic mass is 10.0. The van der Waals surface area contributed by atoms with E-state index in [0.29, 0.717) is 6.54 Å². The van der Waals surface area contributed by atoms with Crippen LogP contribution in [0.4, 0.5) is 4.79 Å². The van der Waals surface area contributed by atoms with Gasteiger partial charge in [0.2, 0.25) is 0 Å². The number of fused-ring (bicyclic) bond motifs is 1. The quantitative estimate of drug-likeness (QED) is 0.400. The van der Waals surface area contributed by atoms with Crippen LogP contribution in [0.1, 0.15) is 25.8 Å². The van der Waals surface area contributed by atoms with E-state index in [1.165, 1.54) is 15.0 Å². The largest absolute Gasteiger partial charge is 0.481 e. The van der Waals surface area contributed by atoms with Crippen molar-refractivity contribution in [3.05, 3.63) is 60.2 Å². The van der Waals surface area contributed by atoms with Crippen molar-refractivity contribution < 1.29 is 24.6 Å². The average molecular weight is 469 g/mol. The van der Waals surface area contributed by atoms with Gasteiger partial charge in [0.15, 0.2) is 0 Å². The van der Waals surface area contributed by atoms with E-state index in [1.807, 2.05) is 50.2 Å². The van der Waals surface area contributed by atoms with E-state index in [2.05, 4.69) is 23.5 Å². The van der Waals surface area contributed by atoms with Crippen LogP contribution in [0.15, 0.2) is 54.6 Å². The van der Waals surface area contributed by atoms with Crippen LogP contribution in [-0.2, 0) is 16.0 Å². The van der Waals surface area contributed by atoms with E-state index in [9.17, 15) is 19.5 Å². The number of amides is 2. The molecular formula is C25H28N2O5S. The van der Waals surface area contributed by atoms with Gasteiger partial charge in [-0.25, -0.2) is 9.59 Å². The molecule has 33 heavy (non-hydrogen) atoms. The molecule has 0 saturated heterocycles. The van der Waals surface area contributed by atoms with E-state index < -0.39 is 24.0 Å². The zero-order valence-corrected chi connectivity index (χ0v) is 19.5. The van der Waals surface area contributed by atoms with Crippen LogP contribution < -0.4 is 5.32 Å². The van der Waals surface area contributed by atoms with E-state index in [0.717, 1.165) is 16.0 Å². The Bertz CT molecular complexity index is 1090. The fraction of sp³-hybridized carbons (Fsp3) is 0.320. The number of nitrogens with zero attached hydrogens (tertiary/aromatic N) is 1. The van der Waals surface area contributed by atoms with Gasteiger partial charge in [0, 0.05) is 29.1 Å². The molecule has 0 aliphatic heterocycles. The molecule has 0 aliphatic rings. The fourth-order valence-electron chi connectivity index (χ4n) is 3.55. The summed E-state index contributed by atoms with van der Waals surface area (Å²) in [6.07, 6.45) is -0.0701. The fourth-order valence-corrected chi connectivity index (χ4v) is 4.62. The van der Waals surface area contributed by atoms with Crippen LogP contribution in [0.5, 0.6) is 0 Å². The minimum absolute atomic E-state index is 0.0234. The van der Waals surface area contributed by atoms with E-state index in [4.69, 9.17) is 5.11 Å². The van der Waals surface area contributed by atoms with Crippen molar-refractivity contribution >= 4 is 39.4 Å². The van der Waals surface area contributed by atoms with Crippen molar-refractivity contribution in [2.45, 2.75) is 32.7 Å². The maximum Gasteiger partial charge on any atom is 0.326 e. The maximum absolute atomic E-state index is 12.7. The molecule has 1 heterocycles. The molecule has 1 atom stereocenters. The monoisotopic (exact) mass is 468 g/mol. The minimum Gasteiger partial charge on any atom is -0.481 e. The van der Waals surface area contributed by atoms with Crippen LogP contribution in [0.3, 0.4) is 0 Å². The van der Waals surface area contributed by atoms with Gasteiger partial charge in [-0.05, 0) is 34.6 Å². The number of aliphatic carboxylic acids is 2. The molecule has 2 amide bonds. The lowest BCUT2D eigenvalue weighted by Crippen LogP contribution is -2.50. The molecule has 0 fully saturated rings. The number of carboxylic acids is 2. The molecule has 2 aromatic carbocycles. The van der Waals surface area contributed by atoms with Crippen LogP contribution in [0, 0.1) is 5.92 Å². The van der Waals surface area contributed by atoms with Gasteiger partial charge < -0.3 is 20.4 Å². The second-order valence-electron chi connectivity index (χ2n) is 8.37. The Kier molecular flexibility index (Phi) is 8.06. The summed E-state index contributed by atoms with van der Waals surface area (Å²) in [7, 11) is 0. The summed E-state index contributed by atoms with van der Waals surface area (Å²) in [6, 6.07) is 16.3. The summed E-state index contributed by atoms with van der Waals surface area (Å²) in [5.74, 6) is -2.03. The van der Waals surface area contributed by atoms with Gasteiger partial charge >= 0.3 is 18.0 Å². The summed E-state index contributed by atoms with van der Waals surface area (Å²) in [5, 5.41) is 22.3. The van der Waals surface area contributed by atoms with Gasteiger partial charge in [-0.3, -0.25) is 4.79 Å².